The average Bonchev–Trinajstić information content (AvgIpc) is 3.03. The monoisotopic (exact) mass is 376 g/mol. The molecule has 0 amide bonds. The SMILES string of the molecule is CC(=O)c1csc(C(=O)COC(=O)C2(c3ccc(Cl)cc3)CCC2)c1. The second-order valence-corrected chi connectivity index (χ2v) is 7.55. The Balaban J connectivity index is 1.67. The van der Waals surface area contributed by atoms with Crippen LogP contribution in [0.4, 0.5) is 0 Å². The third-order valence-corrected chi connectivity index (χ3v) is 5.83. The Kier molecular flexibility index (Phi) is 5.06. The predicted octanol–water partition coefficient (Wildman–Crippen LogP) is 4.45. The topological polar surface area (TPSA) is 60.4 Å². The van der Waals surface area contributed by atoms with Gasteiger partial charge >= 0.3 is 5.97 Å². The van der Waals surface area contributed by atoms with E-state index in [1.807, 2.05) is 12.1 Å². The molecule has 1 fully saturated rings. The molecule has 1 aliphatic carbocycles. The van der Waals surface area contributed by atoms with Crippen LogP contribution >= 0.6 is 22.9 Å². The summed E-state index contributed by atoms with van der Waals surface area (Å²) in [5, 5.41) is 2.25. The fourth-order valence-corrected chi connectivity index (χ4v) is 3.92. The van der Waals surface area contributed by atoms with Crippen LogP contribution in [0.2, 0.25) is 5.02 Å². The van der Waals surface area contributed by atoms with Gasteiger partial charge in [0.25, 0.3) is 0 Å². The molecule has 0 atom stereocenters. The van der Waals surface area contributed by atoms with Crippen LogP contribution in [0.25, 0.3) is 0 Å². The van der Waals surface area contributed by atoms with E-state index in [1.54, 1.807) is 23.6 Å². The van der Waals surface area contributed by atoms with E-state index in [0.717, 1.165) is 12.0 Å². The summed E-state index contributed by atoms with van der Waals surface area (Å²) in [5.74, 6) is -0.766. The molecule has 1 aliphatic rings. The molecule has 0 bridgehead atoms. The lowest BCUT2D eigenvalue weighted by Gasteiger charge is -2.39. The highest BCUT2D eigenvalue weighted by atomic mass is 35.5. The number of hydrogen-bond donors (Lipinski definition) is 0. The highest BCUT2D eigenvalue weighted by Crippen LogP contribution is 2.45. The summed E-state index contributed by atoms with van der Waals surface area (Å²) in [6.07, 6.45) is 2.35. The molecule has 0 N–H and O–H groups in total. The Morgan fingerprint density at radius 2 is 1.88 bits per heavy atom. The molecule has 0 aliphatic heterocycles. The van der Waals surface area contributed by atoms with Crippen LogP contribution < -0.4 is 0 Å². The fraction of sp³-hybridized carbons (Fsp3) is 0.316. The van der Waals surface area contributed by atoms with Gasteiger partial charge in [0.2, 0.25) is 5.78 Å². The third-order valence-electron chi connectivity index (χ3n) is 4.61. The standard InChI is InChI=1S/C19H17ClO4S/c1-12(21)13-9-17(25-11-13)16(22)10-24-18(23)19(7-2-8-19)14-3-5-15(20)6-4-14/h3-6,9,11H,2,7-8,10H2,1H3. The number of carbonyl (C=O) groups excluding carboxylic acids is 3. The van der Waals surface area contributed by atoms with Crippen LogP contribution in [-0.4, -0.2) is 24.1 Å². The number of ketones is 2. The Hall–Kier alpha value is -1.98. The maximum absolute atomic E-state index is 12.6. The Bertz CT molecular complexity index is 818. The molecule has 1 heterocycles. The Labute approximate surface area is 154 Å². The van der Waals surface area contributed by atoms with Crippen LogP contribution in [0.5, 0.6) is 0 Å². The molecule has 6 heteroatoms. The van der Waals surface area contributed by atoms with Crippen molar-refractivity contribution in [3.63, 3.8) is 0 Å². The van der Waals surface area contributed by atoms with Gasteiger partial charge in [-0.2, -0.15) is 0 Å². The number of thiophene rings is 1. The molecule has 2 aromatic rings. The van der Waals surface area contributed by atoms with Crippen LogP contribution in [0.15, 0.2) is 35.7 Å². The van der Waals surface area contributed by atoms with E-state index in [1.165, 1.54) is 18.3 Å². The van der Waals surface area contributed by atoms with Crippen LogP contribution in [0.1, 0.15) is 51.8 Å². The van der Waals surface area contributed by atoms with Gasteiger partial charge in [-0.25, -0.2) is 0 Å². The zero-order valence-corrected chi connectivity index (χ0v) is 15.3. The largest absolute Gasteiger partial charge is 0.457 e. The molecule has 1 aromatic carbocycles. The van der Waals surface area contributed by atoms with Crippen molar-refractivity contribution in [2.24, 2.45) is 0 Å². The second kappa shape index (κ2) is 7.10. The van der Waals surface area contributed by atoms with Crippen molar-refractivity contribution in [2.45, 2.75) is 31.6 Å². The normalized spacial score (nSPS) is 15.3. The summed E-state index contributed by atoms with van der Waals surface area (Å²) in [6.45, 7) is 1.13. The first-order valence-corrected chi connectivity index (χ1v) is 9.24. The molecule has 1 saturated carbocycles. The molecule has 0 radical (unpaired) electrons. The minimum absolute atomic E-state index is 0.0940. The number of hydrogen-bond acceptors (Lipinski definition) is 5. The highest BCUT2D eigenvalue weighted by Gasteiger charge is 2.47. The van der Waals surface area contributed by atoms with Gasteiger partial charge in [0.05, 0.1) is 10.3 Å². The summed E-state index contributed by atoms with van der Waals surface area (Å²) in [7, 11) is 0. The fourth-order valence-electron chi connectivity index (χ4n) is 2.92. The van der Waals surface area contributed by atoms with Crippen molar-refractivity contribution < 1.29 is 19.1 Å². The first-order chi connectivity index (χ1) is 11.9. The van der Waals surface area contributed by atoms with Crippen LogP contribution in [0.3, 0.4) is 0 Å². The molecule has 4 nitrogen and oxygen atoms in total. The third kappa shape index (κ3) is 3.53. The van der Waals surface area contributed by atoms with Gasteiger partial charge in [-0.1, -0.05) is 30.2 Å². The predicted molar refractivity (Wildman–Crippen MR) is 96.6 cm³/mol. The van der Waals surface area contributed by atoms with Gasteiger partial charge in [0, 0.05) is 16.0 Å². The summed E-state index contributed by atoms with van der Waals surface area (Å²) in [5.41, 5.74) is 0.692. The van der Waals surface area contributed by atoms with Crippen molar-refractivity contribution in [2.75, 3.05) is 6.61 Å². The van der Waals surface area contributed by atoms with Gasteiger partial charge in [-0.15, -0.1) is 11.3 Å². The minimum Gasteiger partial charge on any atom is -0.457 e. The molecular weight excluding hydrogens is 360 g/mol. The van der Waals surface area contributed by atoms with Crippen LogP contribution in [0, 0.1) is 0 Å². The highest BCUT2D eigenvalue weighted by molar-refractivity contribution is 7.12. The van der Waals surface area contributed by atoms with Crippen molar-refractivity contribution >= 4 is 40.5 Å². The molecule has 130 valence electrons. The number of rotatable bonds is 6. The minimum atomic E-state index is -0.676. The lowest BCUT2D eigenvalue weighted by Crippen LogP contribution is -2.44. The lowest BCUT2D eigenvalue weighted by atomic mass is 9.64. The smallest absolute Gasteiger partial charge is 0.317 e. The quantitative estimate of drug-likeness (QED) is 0.552. The number of Topliss-reactive ketones (excluding diaryl/α,β-unsaturated/α-hetero) is 2. The molecule has 1 aromatic heterocycles. The molecule has 0 unspecified atom stereocenters. The zero-order valence-electron chi connectivity index (χ0n) is 13.7. The summed E-state index contributed by atoms with van der Waals surface area (Å²) in [6, 6.07) is 8.72. The van der Waals surface area contributed by atoms with Crippen molar-refractivity contribution in [3.8, 4) is 0 Å². The van der Waals surface area contributed by atoms with E-state index in [9.17, 15) is 14.4 Å². The average molecular weight is 377 g/mol. The van der Waals surface area contributed by atoms with Crippen molar-refractivity contribution in [3.05, 3.63) is 56.7 Å². The first kappa shape index (κ1) is 17.8. The van der Waals surface area contributed by atoms with Gasteiger partial charge in [0.1, 0.15) is 0 Å². The first-order valence-electron chi connectivity index (χ1n) is 7.98. The second-order valence-electron chi connectivity index (χ2n) is 6.20. The number of benzene rings is 1. The van der Waals surface area contributed by atoms with Gasteiger partial charge < -0.3 is 4.74 Å². The Morgan fingerprint density at radius 3 is 2.40 bits per heavy atom. The number of halogens is 1. The number of carbonyl (C=O) groups is 3. The summed E-state index contributed by atoms with van der Waals surface area (Å²) >= 11 is 7.10. The molecule has 0 spiro atoms. The van der Waals surface area contributed by atoms with Gasteiger partial charge in [-0.3, -0.25) is 14.4 Å². The van der Waals surface area contributed by atoms with E-state index < -0.39 is 5.41 Å². The van der Waals surface area contributed by atoms with E-state index in [-0.39, 0.29) is 24.1 Å². The summed E-state index contributed by atoms with van der Waals surface area (Å²) in [4.78, 5) is 36.6. The summed E-state index contributed by atoms with van der Waals surface area (Å²) < 4.78 is 5.32. The Morgan fingerprint density at radius 1 is 1.20 bits per heavy atom. The van der Waals surface area contributed by atoms with Crippen molar-refractivity contribution in [1.82, 2.24) is 0 Å². The molecule has 25 heavy (non-hydrogen) atoms. The molecular formula is C19H17ClO4S. The zero-order chi connectivity index (χ0) is 18.0. The lowest BCUT2D eigenvalue weighted by molar-refractivity contribution is -0.153. The van der Waals surface area contributed by atoms with Crippen molar-refractivity contribution in [1.29, 1.82) is 0 Å². The maximum Gasteiger partial charge on any atom is 0.317 e. The van der Waals surface area contributed by atoms with Gasteiger partial charge in [0.15, 0.2) is 12.4 Å². The van der Waals surface area contributed by atoms with E-state index >= 15 is 0 Å². The maximum atomic E-state index is 12.6. The van der Waals surface area contributed by atoms with Crippen LogP contribution in [-0.2, 0) is 14.9 Å². The number of esters is 1. The molecule has 3 rings (SSSR count). The van der Waals surface area contributed by atoms with E-state index in [4.69, 9.17) is 16.3 Å². The van der Waals surface area contributed by atoms with E-state index in [2.05, 4.69) is 0 Å². The van der Waals surface area contributed by atoms with Gasteiger partial charge in [-0.05, 0) is 43.5 Å². The van der Waals surface area contributed by atoms with E-state index in [0.29, 0.717) is 28.3 Å². The number of ether oxygens (including phenoxy) is 1. The molecule has 0 saturated heterocycles.